The summed E-state index contributed by atoms with van der Waals surface area (Å²) in [6.07, 6.45) is 8.86. The van der Waals surface area contributed by atoms with Crippen LogP contribution in [0.1, 0.15) is 39.5 Å². The number of aromatic nitrogens is 1. The van der Waals surface area contributed by atoms with Crippen molar-refractivity contribution in [2.45, 2.75) is 45.6 Å². The maximum Gasteiger partial charge on any atom is 0.0462 e. The highest BCUT2D eigenvalue weighted by atomic mass is 15.1. The highest BCUT2D eigenvalue weighted by Gasteiger charge is 2.29. The second-order valence-corrected chi connectivity index (χ2v) is 7.10. The van der Waals surface area contributed by atoms with Crippen LogP contribution in [0, 0.1) is 5.41 Å². The molecule has 0 spiro atoms. The Bertz CT molecular complexity index is 638. The number of pyridine rings is 1. The average Bonchev–Trinajstić information content (AvgIpc) is 2.47. The molecule has 1 heterocycles. The number of anilines is 2. The largest absolute Gasteiger partial charge is 0.398 e. The van der Waals surface area contributed by atoms with Gasteiger partial charge in [0.05, 0.1) is 0 Å². The maximum atomic E-state index is 6.09. The lowest BCUT2D eigenvalue weighted by Crippen LogP contribution is -2.37. The van der Waals surface area contributed by atoms with Crippen LogP contribution in [-0.2, 0) is 0 Å². The quantitative estimate of drug-likeness (QED) is 0.839. The van der Waals surface area contributed by atoms with Gasteiger partial charge in [-0.25, -0.2) is 0 Å². The normalized spacial score (nSPS) is 18.8. The molecule has 1 aromatic carbocycles. The van der Waals surface area contributed by atoms with E-state index in [2.05, 4.69) is 36.8 Å². The van der Waals surface area contributed by atoms with Gasteiger partial charge in [-0.3, -0.25) is 4.98 Å². The molecule has 0 radical (unpaired) electrons. The lowest BCUT2D eigenvalue weighted by Gasteiger charge is -2.40. The Morgan fingerprint density at radius 2 is 1.86 bits per heavy atom. The molecule has 0 atom stereocenters. The van der Waals surface area contributed by atoms with Gasteiger partial charge in [0.25, 0.3) is 0 Å². The van der Waals surface area contributed by atoms with Crippen molar-refractivity contribution in [1.29, 1.82) is 0 Å². The van der Waals surface area contributed by atoms with E-state index in [0.29, 0.717) is 11.5 Å². The zero-order chi connectivity index (χ0) is 15.0. The summed E-state index contributed by atoms with van der Waals surface area (Å²) in [4.78, 5) is 6.71. The van der Waals surface area contributed by atoms with Crippen molar-refractivity contribution in [3.8, 4) is 0 Å². The first-order valence-electron chi connectivity index (χ1n) is 7.83. The highest BCUT2D eigenvalue weighted by molar-refractivity contribution is 6.00. The van der Waals surface area contributed by atoms with E-state index in [1.165, 1.54) is 31.4 Å². The molecule has 3 rings (SSSR count). The van der Waals surface area contributed by atoms with Crippen LogP contribution >= 0.6 is 0 Å². The van der Waals surface area contributed by atoms with E-state index in [4.69, 9.17) is 5.73 Å². The molecule has 0 aliphatic heterocycles. The second-order valence-electron chi connectivity index (χ2n) is 7.10. The number of rotatable bonds is 2. The van der Waals surface area contributed by atoms with E-state index >= 15 is 0 Å². The molecule has 2 aromatic rings. The van der Waals surface area contributed by atoms with Gasteiger partial charge in [0.15, 0.2) is 0 Å². The van der Waals surface area contributed by atoms with E-state index in [9.17, 15) is 0 Å². The summed E-state index contributed by atoms with van der Waals surface area (Å²) in [5, 5.41) is 2.26. The Kier molecular flexibility index (Phi) is 3.52. The van der Waals surface area contributed by atoms with E-state index in [0.717, 1.165) is 16.5 Å². The zero-order valence-electron chi connectivity index (χ0n) is 13.3. The molecule has 1 aromatic heterocycles. The Labute approximate surface area is 127 Å². The summed E-state index contributed by atoms with van der Waals surface area (Å²) in [5.41, 5.74) is 8.67. The lowest BCUT2D eigenvalue weighted by atomic mass is 9.75. The Balaban J connectivity index is 1.92. The molecule has 21 heavy (non-hydrogen) atoms. The number of fused-ring (bicyclic) bond motifs is 1. The van der Waals surface area contributed by atoms with Crippen LogP contribution in [0.15, 0.2) is 30.6 Å². The zero-order valence-corrected chi connectivity index (χ0v) is 13.3. The van der Waals surface area contributed by atoms with E-state index in [1.807, 2.05) is 24.5 Å². The first kappa shape index (κ1) is 14.2. The lowest BCUT2D eigenvalue weighted by molar-refractivity contribution is 0.223. The van der Waals surface area contributed by atoms with Gasteiger partial charge in [-0.05, 0) is 49.3 Å². The van der Waals surface area contributed by atoms with Crippen LogP contribution in [0.25, 0.3) is 10.8 Å². The summed E-state index contributed by atoms with van der Waals surface area (Å²) < 4.78 is 0. The Hall–Kier alpha value is -1.77. The van der Waals surface area contributed by atoms with Crippen molar-refractivity contribution < 1.29 is 0 Å². The fourth-order valence-electron chi connectivity index (χ4n) is 3.47. The van der Waals surface area contributed by atoms with Crippen molar-refractivity contribution >= 4 is 22.1 Å². The summed E-state index contributed by atoms with van der Waals surface area (Å²) in [6, 6.07) is 6.77. The van der Waals surface area contributed by atoms with Gasteiger partial charge in [-0.15, -0.1) is 0 Å². The smallest absolute Gasteiger partial charge is 0.0462 e. The molecule has 3 nitrogen and oxygen atoms in total. The van der Waals surface area contributed by atoms with E-state index < -0.39 is 0 Å². The van der Waals surface area contributed by atoms with Crippen LogP contribution in [0.2, 0.25) is 0 Å². The molecule has 0 bridgehead atoms. The van der Waals surface area contributed by atoms with Crippen molar-refractivity contribution in [3.05, 3.63) is 30.6 Å². The molecule has 1 aliphatic carbocycles. The second kappa shape index (κ2) is 5.21. The van der Waals surface area contributed by atoms with Crippen molar-refractivity contribution in [2.24, 2.45) is 5.41 Å². The van der Waals surface area contributed by atoms with Gasteiger partial charge in [0.1, 0.15) is 0 Å². The predicted molar refractivity (Wildman–Crippen MR) is 90.6 cm³/mol. The van der Waals surface area contributed by atoms with Gasteiger partial charge in [0, 0.05) is 47.6 Å². The topological polar surface area (TPSA) is 42.1 Å². The maximum absolute atomic E-state index is 6.09. The van der Waals surface area contributed by atoms with Crippen LogP contribution in [0.4, 0.5) is 11.4 Å². The molecular weight excluding hydrogens is 258 g/mol. The van der Waals surface area contributed by atoms with Crippen molar-refractivity contribution in [2.75, 3.05) is 17.7 Å². The minimum Gasteiger partial charge on any atom is -0.398 e. The van der Waals surface area contributed by atoms with Gasteiger partial charge in [0.2, 0.25) is 0 Å². The van der Waals surface area contributed by atoms with Crippen molar-refractivity contribution in [1.82, 2.24) is 4.98 Å². The molecule has 2 N–H and O–H groups in total. The number of nitrogens with two attached hydrogens (primary N) is 1. The Morgan fingerprint density at radius 1 is 1.14 bits per heavy atom. The van der Waals surface area contributed by atoms with Crippen LogP contribution < -0.4 is 10.6 Å². The third kappa shape index (κ3) is 2.69. The van der Waals surface area contributed by atoms with Crippen LogP contribution in [-0.4, -0.2) is 18.1 Å². The minimum absolute atomic E-state index is 0.502. The number of hydrogen-bond acceptors (Lipinski definition) is 3. The SMILES string of the molecule is CN(c1ccc(N)c2ccncc12)C1CCC(C)(C)CC1. The molecular formula is C18H25N3. The summed E-state index contributed by atoms with van der Waals surface area (Å²) >= 11 is 0. The molecule has 1 aliphatic rings. The summed E-state index contributed by atoms with van der Waals surface area (Å²) in [5.74, 6) is 0. The van der Waals surface area contributed by atoms with Crippen LogP contribution in [0.5, 0.6) is 0 Å². The van der Waals surface area contributed by atoms with E-state index in [-0.39, 0.29) is 0 Å². The summed E-state index contributed by atoms with van der Waals surface area (Å²) in [7, 11) is 2.21. The first-order valence-corrected chi connectivity index (χ1v) is 7.83. The fourth-order valence-corrected chi connectivity index (χ4v) is 3.47. The molecule has 1 saturated carbocycles. The molecule has 0 saturated heterocycles. The molecule has 3 heteroatoms. The standard InChI is InChI=1S/C18H25N3/c1-18(2)9-6-13(7-10-18)21(3)17-5-4-16(19)14-8-11-20-12-15(14)17/h4-5,8,11-13H,6-7,9-10,19H2,1-3H3. The fraction of sp³-hybridized carbons (Fsp3) is 0.500. The summed E-state index contributed by atoms with van der Waals surface area (Å²) in [6.45, 7) is 4.76. The van der Waals surface area contributed by atoms with E-state index in [1.54, 1.807) is 0 Å². The monoisotopic (exact) mass is 283 g/mol. The number of nitrogen functional groups attached to an aromatic ring is 1. The first-order chi connectivity index (χ1) is 9.98. The van der Waals surface area contributed by atoms with Gasteiger partial charge >= 0.3 is 0 Å². The Morgan fingerprint density at radius 3 is 2.57 bits per heavy atom. The average molecular weight is 283 g/mol. The predicted octanol–water partition coefficient (Wildman–Crippen LogP) is 4.22. The number of nitrogens with zero attached hydrogens (tertiary/aromatic N) is 2. The molecule has 0 amide bonds. The van der Waals surface area contributed by atoms with Gasteiger partial charge in [-0.2, -0.15) is 0 Å². The molecule has 112 valence electrons. The minimum atomic E-state index is 0.502. The number of benzene rings is 1. The molecule has 1 fully saturated rings. The van der Waals surface area contributed by atoms with Crippen LogP contribution in [0.3, 0.4) is 0 Å². The van der Waals surface area contributed by atoms with Crippen molar-refractivity contribution in [3.63, 3.8) is 0 Å². The third-order valence-corrected chi connectivity index (χ3v) is 5.07. The highest BCUT2D eigenvalue weighted by Crippen LogP contribution is 2.39. The third-order valence-electron chi connectivity index (χ3n) is 5.07. The number of hydrogen-bond donors (Lipinski definition) is 1. The molecule has 0 unspecified atom stereocenters. The van der Waals surface area contributed by atoms with Gasteiger partial charge < -0.3 is 10.6 Å². The van der Waals surface area contributed by atoms with Gasteiger partial charge in [-0.1, -0.05) is 13.8 Å².